The van der Waals surface area contributed by atoms with Crippen molar-refractivity contribution in [3.05, 3.63) is 53.6 Å². The predicted octanol–water partition coefficient (Wildman–Crippen LogP) is 2.15. The normalized spacial score (nSPS) is 13.9. The number of rotatable bonds is 9. The van der Waals surface area contributed by atoms with E-state index in [1.165, 1.54) is 4.90 Å². The molecule has 2 N–H and O–H groups in total. The van der Waals surface area contributed by atoms with Gasteiger partial charge in [-0.3, -0.25) is 14.3 Å². The molecule has 1 aliphatic heterocycles. The number of anilines is 2. The number of hydrogen-bond donors (Lipinski definition) is 2. The summed E-state index contributed by atoms with van der Waals surface area (Å²) in [5, 5.41) is 3.29. The molecule has 2 aromatic rings. The third-order valence-electron chi connectivity index (χ3n) is 6.16. The molecule has 0 saturated carbocycles. The lowest BCUT2D eigenvalue weighted by Crippen LogP contribution is -2.44. The Morgan fingerprint density at radius 1 is 1.06 bits per heavy atom. The molecule has 2 amide bonds. The van der Waals surface area contributed by atoms with E-state index in [4.69, 9.17) is 0 Å². The van der Waals surface area contributed by atoms with E-state index in [2.05, 4.69) is 14.9 Å². The summed E-state index contributed by atoms with van der Waals surface area (Å²) >= 11 is 0. The van der Waals surface area contributed by atoms with Gasteiger partial charge in [0.2, 0.25) is 5.91 Å². The molecule has 0 bridgehead atoms. The summed E-state index contributed by atoms with van der Waals surface area (Å²) in [4.78, 5) is 30.9. The molecule has 2 aromatic carbocycles. The van der Waals surface area contributed by atoms with Gasteiger partial charge in [-0.25, -0.2) is 8.42 Å². The average Bonchev–Trinajstić information content (AvgIpc) is 2.84. The van der Waals surface area contributed by atoms with E-state index in [1.807, 2.05) is 13.8 Å². The van der Waals surface area contributed by atoms with Crippen molar-refractivity contribution in [3.63, 3.8) is 0 Å². The van der Waals surface area contributed by atoms with E-state index in [0.717, 1.165) is 13.1 Å². The molecule has 1 fully saturated rings. The molecule has 0 spiro atoms. The van der Waals surface area contributed by atoms with Crippen molar-refractivity contribution < 1.29 is 18.0 Å². The lowest BCUT2D eigenvalue weighted by atomic mass is 10.1. The summed E-state index contributed by atoms with van der Waals surface area (Å²) in [7, 11) is -2.31. The Balaban J connectivity index is 1.94. The van der Waals surface area contributed by atoms with Gasteiger partial charge in [-0.05, 0) is 50.6 Å². The maximum Gasteiger partial charge on any atom is 0.262 e. The number of benzene rings is 2. The first-order valence-corrected chi connectivity index (χ1v) is 13.4. The zero-order chi connectivity index (χ0) is 25.6. The first-order chi connectivity index (χ1) is 16.7. The van der Waals surface area contributed by atoms with Gasteiger partial charge in [0.05, 0.1) is 22.8 Å². The van der Waals surface area contributed by atoms with Crippen molar-refractivity contribution in [3.8, 4) is 0 Å². The fraction of sp³-hybridized carbons (Fsp3) is 0.440. The van der Waals surface area contributed by atoms with Gasteiger partial charge in [0, 0.05) is 51.9 Å². The minimum absolute atomic E-state index is 0.0513. The Morgan fingerprint density at radius 3 is 2.34 bits per heavy atom. The summed E-state index contributed by atoms with van der Waals surface area (Å²) < 4.78 is 29.3. The van der Waals surface area contributed by atoms with Crippen LogP contribution in [0.3, 0.4) is 0 Å². The van der Waals surface area contributed by atoms with Crippen LogP contribution in [0.25, 0.3) is 0 Å². The van der Waals surface area contributed by atoms with Crippen LogP contribution in [0.1, 0.15) is 29.8 Å². The number of nitrogens with one attached hydrogen (secondary N) is 2. The third kappa shape index (κ3) is 6.32. The molecule has 190 valence electrons. The van der Waals surface area contributed by atoms with Crippen LogP contribution in [0.15, 0.2) is 47.4 Å². The minimum Gasteiger partial charge on any atom is -0.367 e. The van der Waals surface area contributed by atoms with Crippen molar-refractivity contribution in [2.45, 2.75) is 25.7 Å². The second-order valence-corrected chi connectivity index (χ2v) is 10.2. The molecule has 9 nitrogen and oxygen atoms in total. The SMILES string of the molecule is CCN(CC)C(=O)CN(C)C(=O)c1ccc(N2CCNCC2)c(NS(=O)(=O)c2ccccc2C)c1. The van der Waals surface area contributed by atoms with Gasteiger partial charge in [0.1, 0.15) is 0 Å². The Bertz CT molecular complexity index is 1160. The number of amides is 2. The highest BCUT2D eigenvalue weighted by molar-refractivity contribution is 7.92. The van der Waals surface area contributed by atoms with Crippen LogP contribution in [-0.2, 0) is 14.8 Å². The van der Waals surface area contributed by atoms with Gasteiger partial charge in [-0.15, -0.1) is 0 Å². The van der Waals surface area contributed by atoms with Gasteiger partial charge >= 0.3 is 0 Å². The van der Waals surface area contributed by atoms with Gasteiger partial charge in [-0.2, -0.15) is 0 Å². The van der Waals surface area contributed by atoms with Crippen LogP contribution in [0.5, 0.6) is 0 Å². The first kappa shape index (κ1) is 26.5. The predicted molar refractivity (Wildman–Crippen MR) is 138 cm³/mol. The zero-order valence-corrected chi connectivity index (χ0v) is 21.7. The molecule has 10 heteroatoms. The average molecular weight is 502 g/mol. The van der Waals surface area contributed by atoms with E-state index < -0.39 is 10.0 Å². The van der Waals surface area contributed by atoms with Crippen molar-refractivity contribution in [1.82, 2.24) is 15.1 Å². The van der Waals surface area contributed by atoms with Crippen molar-refractivity contribution in [2.75, 3.05) is 62.5 Å². The number of nitrogens with zero attached hydrogens (tertiary/aromatic N) is 3. The van der Waals surface area contributed by atoms with Crippen molar-refractivity contribution in [1.29, 1.82) is 0 Å². The molecule has 0 radical (unpaired) electrons. The molecule has 1 aliphatic rings. The molecule has 35 heavy (non-hydrogen) atoms. The topological polar surface area (TPSA) is 102 Å². The van der Waals surface area contributed by atoms with Crippen LogP contribution < -0.4 is 14.9 Å². The smallest absolute Gasteiger partial charge is 0.262 e. The van der Waals surface area contributed by atoms with Gasteiger partial charge in [0.25, 0.3) is 15.9 Å². The molecule has 3 rings (SSSR count). The van der Waals surface area contributed by atoms with E-state index >= 15 is 0 Å². The van der Waals surface area contributed by atoms with Crippen LogP contribution in [0.2, 0.25) is 0 Å². The van der Waals surface area contributed by atoms with Crippen LogP contribution in [0, 0.1) is 6.92 Å². The molecule has 0 unspecified atom stereocenters. The summed E-state index contributed by atoms with van der Waals surface area (Å²) in [5.41, 5.74) is 1.98. The first-order valence-electron chi connectivity index (χ1n) is 11.9. The lowest BCUT2D eigenvalue weighted by Gasteiger charge is -2.31. The van der Waals surface area contributed by atoms with Crippen molar-refractivity contribution >= 4 is 33.2 Å². The van der Waals surface area contributed by atoms with Gasteiger partial charge in [-0.1, -0.05) is 18.2 Å². The minimum atomic E-state index is -3.88. The van der Waals surface area contributed by atoms with Crippen LogP contribution in [0.4, 0.5) is 11.4 Å². The zero-order valence-electron chi connectivity index (χ0n) is 20.9. The standard InChI is InChI=1S/C25H35N5O4S/c1-5-29(6-2)24(31)18-28(4)25(32)20-11-12-22(30-15-13-26-14-16-30)21(17-20)27-35(33,34)23-10-8-7-9-19(23)3/h7-12,17,26-27H,5-6,13-16,18H2,1-4H3. The number of piperazine rings is 1. The van der Waals surface area contributed by atoms with Gasteiger partial charge in [0.15, 0.2) is 0 Å². The van der Waals surface area contributed by atoms with E-state index in [-0.39, 0.29) is 23.3 Å². The second kappa shape index (κ2) is 11.5. The maximum atomic E-state index is 13.3. The quantitative estimate of drug-likeness (QED) is 0.546. The van der Waals surface area contributed by atoms with Crippen molar-refractivity contribution in [2.24, 2.45) is 0 Å². The van der Waals surface area contributed by atoms with Crippen LogP contribution in [-0.4, -0.2) is 82.9 Å². The Kier molecular flexibility index (Phi) is 8.74. The molecular weight excluding hydrogens is 466 g/mol. The van der Waals surface area contributed by atoms with Crippen LogP contribution >= 0.6 is 0 Å². The number of aryl methyl sites for hydroxylation is 1. The number of carbonyl (C=O) groups is 2. The summed E-state index contributed by atoms with van der Waals surface area (Å²) in [6.07, 6.45) is 0. The summed E-state index contributed by atoms with van der Waals surface area (Å²) in [6.45, 7) is 9.61. The Hall–Kier alpha value is -3.11. The van der Waals surface area contributed by atoms with E-state index in [1.54, 1.807) is 61.3 Å². The van der Waals surface area contributed by atoms with Gasteiger partial charge < -0.3 is 20.0 Å². The summed E-state index contributed by atoms with van der Waals surface area (Å²) in [5.74, 6) is -0.488. The third-order valence-corrected chi connectivity index (χ3v) is 7.69. The molecule has 0 atom stereocenters. The molecular formula is C25H35N5O4S. The number of sulfonamides is 1. The molecule has 1 heterocycles. The highest BCUT2D eigenvalue weighted by atomic mass is 32.2. The molecule has 1 saturated heterocycles. The molecule has 0 aromatic heterocycles. The highest BCUT2D eigenvalue weighted by Crippen LogP contribution is 2.31. The number of hydrogen-bond acceptors (Lipinski definition) is 6. The number of likely N-dealkylation sites (N-methyl/N-ethyl adjacent to an activating group) is 2. The Labute approximate surface area is 208 Å². The lowest BCUT2D eigenvalue weighted by molar-refractivity contribution is -0.131. The summed E-state index contributed by atoms with van der Waals surface area (Å²) in [6, 6.07) is 11.8. The largest absolute Gasteiger partial charge is 0.367 e. The van der Waals surface area contributed by atoms with E-state index in [9.17, 15) is 18.0 Å². The molecule has 0 aliphatic carbocycles. The fourth-order valence-electron chi connectivity index (χ4n) is 4.16. The second-order valence-electron chi connectivity index (χ2n) is 8.57. The number of carbonyl (C=O) groups excluding carboxylic acids is 2. The fourth-order valence-corrected chi connectivity index (χ4v) is 5.47. The highest BCUT2D eigenvalue weighted by Gasteiger charge is 2.24. The van der Waals surface area contributed by atoms with E-state index in [0.29, 0.717) is 48.7 Å². The maximum absolute atomic E-state index is 13.3. The Morgan fingerprint density at radius 2 is 1.71 bits per heavy atom. The monoisotopic (exact) mass is 501 g/mol.